The molecule has 11 heteroatoms. The fourth-order valence-electron chi connectivity index (χ4n) is 7.29. The maximum atomic E-state index is 14.7. The number of halogens is 1. The van der Waals surface area contributed by atoms with Crippen molar-refractivity contribution in [3.63, 3.8) is 0 Å². The summed E-state index contributed by atoms with van der Waals surface area (Å²) < 4.78 is 12.2. The number of hydrogen-bond donors (Lipinski definition) is 2. The number of hydrogen-bond acceptors (Lipinski definition) is 7. The molecule has 0 radical (unpaired) electrons. The number of rotatable bonds is 14. The molecular weight excluding hydrogens is 666 g/mol. The van der Waals surface area contributed by atoms with Gasteiger partial charge in [-0.2, -0.15) is 0 Å². The Kier molecular flexibility index (Phi) is 10.7. The Morgan fingerprint density at radius 3 is 2.62 bits per heavy atom. The average molecular weight is 709 g/mol. The van der Waals surface area contributed by atoms with Crippen molar-refractivity contribution in [3.8, 4) is 0 Å². The van der Waals surface area contributed by atoms with Crippen molar-refractivity contribution in [2.24, 2.45) is 11.8 Å². The average Bonchev–Trinajstić information content (AvgIpc) is 3.65. The fourth-order valence-corrected chi connectivity index (χ4v) is 8.24. The van der Waals surface area contributed by atoms with E-state index in [4.69, 9.17) is 9.47 Å². The van der Waals surface area contributed by atoms with Crippen LogP contribution in [-0.2, 0) is 28.7 Å². The minimum atomic E-state index is -1.30. The summed E-state index contributed by atoms with van der Waals surface area (Å²) in [5.41, 5.74) is 1.96. The van der Waals surface area contributed by atoms with Gasteiger partial charge < -0.3 is 29.7 Å². The standard InChI is InChI=1S/C36H42BrN3O7/c1-5-7-13-28(42)46-21-26(24-11-9-8-10-12-24)38-33(43)29-30-34(44)40(17-18-41)32(36(30)20-25(37)31(29)47-36)35(45)39(16-6-2)27-19-22(3)14-15-23(27)4/h5-6,8-12,14-15,19,25-26,29-32,41H,1-2,7,13,16-18,20-21H2,3-4H3,(H,38,43)/t25?,26-,29+,30-,31+,32+,36-/m1/s1. The van der Waals surface area contributed by atoms with Crippen LogP contribution in [0.25, 0.3) is 0 Å². The Morgan fingerprint density at radius 2 is 1.94 bits per heavy atom. The molecule has 3 aliphatic heterocycles. The lowest BCUT2D eigenvalue weighted by Crippen LogP contribution is -2.57. The van der Waals surface area contributed by atoms with Crippen molar-refractivity contribution in [1.82, 2.24) is 10.2 Å². The monoisotopic (exact) mass is 707 g/mol. The molecular formula is C36H42BrN3O7. The highest BCUT2D eigenvalue weighted by atomic mass is 79.9. The third kappa shape index (κ3) is 6.53. The number of nitrogens with one attached hydrogen (secondary N) is 1. The van der Waals surface area contributed by atoms with E-state index in [1.165, 1.54) is 4.90 Å². The van der Waals surface area contributed by atoms with Gasteiger partial charge in [0.2, 0.25) is 11.8 Å². The van der Waals surface area contributed by atoms with E-state index in [0.717, 1.165) is 16.7 Å². The molecule has 0 aliphatic carbocycles. The zero-order valence-electron chi connectivity index (χ0n) is 26.8. The van der Waals surface area contributed by atoms with Gasteiger partial charge in [0.25, 0.3) is 5.91 Å². The van der Waals surface area contributed by atoms with E-state index >= 15 is 0 Å². The summed E-state index contributed by atoms with van der Waals surface area (Å²) in [7, 11) is 0. The summed E-state index contributed by atoms with van der Waals surface area (Å²) in [6.07, 6.45) is 3.55. The second kappa shape index (κ2) is 14.5. The largest absolute Gasteiger partial charge is 0.463 e. The number of nitrogens with zero attached hydrogens (tertiary/aromatic N) is 2. The van der Waals surface area contributed by atoms with Gasteiger partial charge >= 0.3 is 5.97 Å². The van der Waals surface area contributed by atoms with Gasteiger partial charge in [-0.1, -0.05) is 70.5 Å². The normalized spacial score (nSPS) is 26.4. The van der Waals surface area contributed by atoms with Gasteiger partial charge in [-0.15, -0.1) is 13.2 Å². The summed E-state index contributed by atoms with van der Waals surface area (Å²) in [4.78, 5) is 58.2. The van der Waals surface area contributed by atoms with Crippen LogP contribution in [0.5, 0.6) is 0 Å². The van der Waals surface area contributed by atoms with E-state index in [-0.39, 0.29) is 43.5 Å². The molecule has 1 spiro atoms. The van der Waals surface area contributed by atoms with Gasteiger partial charge in [0.1, 0.15) is 18.2 Å². The molecule has 3 aliphatic rings. The van der Waals surface area contributed by atoms with Gasteiger partial charge in [-0.05, 0) is 49.4 Å². The van der Waals surface area contributed by atoms with E-state index < -0.39 is 53.4 Å². The first kappa shape index (κ1) is 34.5. The van der Waals surface area contributed by atoms with Gasteiger partial charge in [0, 0.05) is 30.0 Å². The van der Waals surface area contributed by atoms with E-state index in [1.54, 1.807) is 17.1 Å². The van der Waals surface area contributed by atoms with E-state index in [9.17, 15) is 24.3 Å². The van der Waals surface area contributed by atoms with E-state index in [0.29, 0.717) is 18.5 Å². The van der Waals surface area contributed by atoms with Crippen LogP contribution in [0.2, 0.25) is 0 Å². The van der Waals surface area contributed by atoms with Crippen LogP contribution in [-0.4, -0.2) is 82.6 Å². The number of β-amino-alcohol motifs (C(OH)–C–C–N with tert-alkyl or cyclic N) is 1. The Hall–Kier alpha value is -3.80. The van der Waals surface area contributed by atoms with Crippen molar-refractivity contribution in [1.29, 1.82) is 0 Å². The van der Waals surface area contributed by atoms with Crippen molar-refractivity contribution >= 4 is 45.3 Å². The van der Waals surface area contributed by atoms with Gasteiger partial charge in [-0.3, -0.25) is 19.2 Å². The van der Waals surface area contributed by atoms with Crippen LogP contribution in [0.3, 0.4) is 0 Å². The predicted octanol–water partition coefficient (Wildman–Crippen LogP) is 3.93. The molecule has 2 bridgehead atoms. The number of esters is 1. The summed E-state index contributed by atoms with van der Waals surface area (Å²) in [6, 6.07) is 13.2. The minimum Gasteiger partial charge on any atom is -0.463 e. The van der Waals surface area contributed by atoms with Crippen molar-refractivity contribution in [2.45, 2.75) is 61.7 Å². The molecule has 3 saturated heterocycles. The number of carbonyl (C=O) groups excluding carboxylic acids is 4. The third-order valence-corrected chi connectivity index (χ3v) is 10.2. The quantitative estimate of drug-likeness (QED) is 0.173. The molecule has 3 amide bonds. The molecule has 47 heavy (non-hydrogen) atoms. The van der Waals surface area contributed by atoms with Gasteiger partial charge in [0.05, 0.1) is 30.6 Å². The SMILES string of the molecule is C=CCCC(=O)OC[C@@H](NC(=O)[C@@H]1[C@H]2O[C@@]3(CC2Br)[C@H](C(=O)N(CC=C)c2cc(C)ccc2C)N(CCO)C(=O)[C@@H]13)c1ccccc1. The van der Waals surface area contributed by atoms with Crippen LogP contribution in [0.1, 0.15) is 42.0 Å². The van der Waals surface area contributed by atoms with E-state index in [2.05, 4.69) is 34.4 Å². The lowest BCUT2D eigenvalue weighted by atomic mass is 9.70. The number of aryl methyl sites for hydroxylation is 2. The Labute approximate surface area is 283 Å². The number of carbonyl (C=O) groups is 4. The number of benzene rings is 2. The number of aliphatic hydroxyl groups is 1. The molecule has 2 aromatic rings. The summed E-state index contributed by atoms with van der Waals surface area (Å²) in [5, 5.41) is 13.1. The maximum absolute atomic E-state index is 14.7. The lowest BCUT2D eigenvalue weighted by molar-refractivity contribution is -0.146. The number of amides is 3. The highest BCUT2D eigenvalue weighted by Crippen LogP contribution is 2.60. The summed E-state index contributed by atoms with van der Waals surface area (Å²) >= 11 is 3.71. The van der Waals surface area contributed by atoms with E-state index in [1.807, 2.05) is 62.4 Å². The first-order chi connectivity index (χ1) is 22.6. The number of alkyl halides is 1. The zero-order chi connectivity index (χ0) is 33.9. The molecule has 10 nitrogen and oxygen atoms in total. The molecule has 0 aromatic heterocycles. The van der Waals surface area contributed by atoms with Crippen molar-refractivity contribution in [3.05, 3.63) is 90.5 Å². The number of aliphatic hydroxyl groups excluding tert-OH is 1. The predicted molar refractivity (Wildman–Crippen MR) is 181 cm³/mol. The fraction of sp³-hybridized carbons (Fsp3) is 0.444. The minimum absolute atomic E-state index is 0.0924. The molecule has 2 aromatic carbocycles. The number of anilines is 1. The Bertz CT molecular complexity index is 1530. The molecule has 0 saturated carbocycles. The van der Waals surface area contributed by atoms with Crippen LogP contribution in [0.15, 0.2) is 73.8 Å². The summed E-state index contributed by atoms with van der Waals surface area (Å²) in [5.74, 6) is -3.52. The topological polar surface area (TPSA) is 125 Å². The Morgan fingerprint density at radius 1 is 1.19 bits per heavy atom. The molecule has 2 N–H and O–H groups in total. The van der Waals surface area contributed by atoms with Crippen molar-refractivity contribution in [2.75, 3.05) is 31.2 Å². The van der Waals surface area contributed by atoms with Gasteiger partial charge in [-0.25, -0.2) is 0 Å². The molecule has 3 heterocycles. The lowest BCUT2D eigenvalue weighted by Gasteiger charge is -2.37. The third-order valence-electron chi connectivity index (χ3n) is 9.38. The van der Waals surface area contributed by atoms with Gasteiger partial charge in [0.15, 0.2) is 0 Å². The maximum Gasteiger partial charge on any atom is 0.306 e. The first-order valence-electron chi connectivity index (χ1n) is 15.9. The summed E-state index contributed by atoms with van der Waals surface area (Å²) in [6.45, 7) is 11.0. The van der Waals surface area contributed by atoms with Crippen LogP contribution in [0, 0.1) is 25.7 Å². The van der Waals surface area contributed by atoms with Crippen LogP contribution < -0.4 is 10.2 Å². The number of fused-ring (bicyclic) bond motifs is 1. The molecule has 3 fully saturated rings. The molecule has 1 unspecified atom stereocenters. The highest BCUT2D eigenvalue weighted by molar-refractivity contribution is 9.09. The highest BCUT2D eigenvalue weighted by Gasteiger charge is 2.76. The van der Waals surface area contributed by atoms with Crippen LogP contribution >= 0.6 is 15.9 Å². The molecule has 250 valence electrons. The number of ether oxygens (including phenoxy) is 2. The van der Waals surface area contributed by atoms with Crippen molar-refractivity contribution < 1.29 is 33.8 Å². The number of allylic oxidation sites excluding steroid dienone is 1. The zero-order valence-corrected chi connectivity index (χ0v) is 28.4. The second-order valence-corrected chi connectivity index (χ2v) is 13.6. The Balaban J connectivity index is 1.48. The first-order valence-corrected chi connectivity index (χ1v) is 16.8. The van der Waals surface area contributed by atoms with Crippen LogP contribution in [0.4, 0.5) is 5.69 Å². The molecule has 7 atom stereocenters. The second-order valence-electron chi connectivity index (χ2n) is 12.4. The smallest absolute Gasteiger partial charge is 0.306 e. The molecule has 5 rings (SSSR count). The number of likely N-dealkylation sites (tertiary alicyclic amines) is 1.